The summed E-state index contributed by atoms with van der Waals surface area (Å²) in [4.78, 5) is 5.11. The van der Waals surface area contributed by atoms with E-state index >= 15 is 0 Å². The number of alkyl halides is 3. The molecule has 1 aromatic heterocycles. The van der Waals surface area contributed by atoms with Gasteiger partial charge in [-0.25, -0.2) is 9.37 Å². The Morgan fingerprint density at radius 2 is 1.88 bits per heavy atom. The smallest absolute Gasteiger partial charge is 0.378 e. The fourth-order valence-corrected chi connectivity index (χ4v) is 1.59. The van der Waals surface area contributed by atoms with Crippen LogP contribution in [-0.2, 0) is 10.9 Å². The molecule has 0 aromatic carbocycles. The van der Waals surface area contributed by atoms with Gasteiger partial charge in [0, 0.05) is 19.3 Å². The lowest BCUT2D eigenvalue weighted by Crippen LogP contribution is -2.37. The predicted octanol–water partition coefficient (Wildman–Crippen LogP) is 2.08. The lowest BCUT2D eigenvalue weighted by atomic mass is 10.2. The number of nitrogens with zero attached hydrogens (tertiary/aromatic N) is 2. The quantitative estimate of drug-likeness (QED) is 0.713. The molecule has 17 heavy (non-hydrogen) atoms. The monoisotopic (exact) mass is 250 g/mol. The van der Waals surface area contributed by atoms with Gasteiger partial charge < -0.3 is 9.64 Å². The molecular formula is C10H10F4N2O. The zero-order chi connectivity index (χ0) is 12.5. The molecule has 0 radical (unpaired) electrons. The Bertz CT molecular complexity index is 402. The molecule has 7 heteroatoms. The summed E-state index contributed by atoms with van der Waals surface area (Å²) in [6.45, 7) is 1.69. The van der Waals surface area contributed by atoms with Gasteiger partial charge in [0.25, 0.3) is 0 Å². The van der Waals surface area contributed by atoms with Gasteiger partial charge >= 0.3 is 6.18 Å². The Kier molecular flexibility index (Phi) is 3.19. The van der Waals surface area contributed by atoms with Crippen LogP contribution in [0.4, 0.5) is 23.4 Å². The van der Waals surface area contributed by atoms with Crippen molar-refractivity contribution < 1.29 is 22.3 Å². The second-order valence-corrected chi connectivity index (χ2v) is 3.63. The fourth-order valence-electron chi connectivity index (χ4n) is 1.59. The van der Waals surface area contributed by atoms with Crippen LogP contribution >= 0.6 is 0 Å². The highest BCUT2D eigenvalue weighted by atomic mass is 19.4. The van der Waals surface area contributed by atoms with E-state index in [0.29, 0.717) is 38.6 Å². The Balaban J connectivity index is 2.25. The lowest BCUT2D eigenvalue weighted by Gasteiger charge is -2.28. The summed E-state index contributed by atoms with van der Waals surface area (Å²) in [6.07, 6.45) is -3.93. The van der Waals surface area contributed by atoms with Crippen LogP contribution in [0.2, 0.25) is 0 Å². The minimum absolute atomic E-state index is 0.0544. The van der Waals surface area contributed by atoms with E-state index in [0.717, 1.165) is 0 Å². The van der Waals surface area contributed by atoms with E-state index in [2.05, 4.69) is 4.98 Å². The standard InChI is InChI=1S/C10H10F4N2O/c11-8-5-7(10(12,13)14)6-15-9(8)16-1-3-17-4-2-16/h5-6H,1-4H2. The molecule has 0 atom stereocenters. The van der Waals surface area contributed by atoms with Gasteiger partial charge in [0.15, 0.2) is 11.6 Å². The topological polar surface area (TPSA) is 25.4 Å². The van der Waals surface area contributed by atoms with Crippen molar-refractivity contribution in [2.24, 2.45) is 0 Å². The van der Waals surface area contributed by atoms with Crippen molar-refractivity contribution >= 4 is 5.82 Å². The van der Waals surface area contributed by atoms with Crippen LogP contribution in [0.1, 0.15) is 5.56 Å². The first-order valence-corrected chi connectivity index (χ1v) is 5.04. The van der Waals surface area contributed by atoms with Crippen LogP contribution < -0.4 is 4.90 Å². The molecule has 1 aliphatic rings. The van der Waals surface area contributed by atoms with Crippen molar-refractivity contribution in [1.82, 2.24) is 4.98 Å². The summed E-state index contributed by atoms with van der Waals surface area (Å²) >= 11 is 0. The maximum Gasteiger partial charge on any atom is 0.417 e. The normalized spacial score (nSPS) is 17.3. The van der Waals surface area contributed by atoms with Gasteiger partial charge in [-0.3, -0.25) is 0 Å². The third kappa shape index (κ3) is 2.66. The third-order valence-electron chi connectivity index (χ3n) is 2.46. The average Bonchev–Trinajstić information content (AvgIpc) is 2.29. The van der Waals surface area contributed by atoms with Gasteiger partial charge in [0.05, 0.1) is 18.8 Å². The van der Waals surface area contributed by atoms with Crippen molar-refractivity contribution in [2.45, 2.75) is 6.18 Å². The molecule has 2 rings (SSSR count). The Labute approximate surface area is 95.0 Å². The summed E-state index contributed by atoms with van der Waals surface area (Å²) in [6, 6.07) is 0.470. The van der Waals surface area contributed by atoms with Gasteiger partial charge in [-0.15, -0.1) is 0 Å². The molecule has 94 valence electrons. The number of aromatic nitrogens is 1. The van der Waals surface area contributed by atoms with E-state index < -0.39 is 17.6 Å². The highest BCUT2D eigenvalue weighted by Gasteiger charge is 2.32. The molecule has 0 unspecified atom stereocenters. The molecule has 0 spiro atoms. The van der Waals surface area contributed by atoms with E-state index in [1.807, 2.05) is 0 Å². The lowest BCUT2D eigenvalue weighted by molar-refractivity contribution is -0.138. The summed E-state index contributed by atoms with van der Waals surface area (Å²) in [7, 11) is 0. The molecule has 0 saturated carbocycles. The third-order valence-corrected chi connectivity index (χ3v) is 2.46. The van der Waals surface area contributed by atoms with Crippen molar-refractivity contribution in [2.75, 3.05) is 31.2 Å². The summed E-state index contributed by atoms with van der Waals surface area (Å²) < 4.78 is 55.5. The summed E-state index contributed by atoms with van der Waals surface area (Å²) in [5, 5.41) is 0. The molecule has 3 nitrogen and oxygen atoms in total. The van der Waals surface area contributed by atoms with E-state index in [1.54, 1.807) is 4.90 Å². The number of ether oxygens (including phenoxy) is 1. The number of halogens is 4. The summed E-state index contributed by atoms with van der Waals surface area (Å²) in [5.74, 6) is -1.01. The number of morpholine rings is 1. The first kappa shape index (κ1) is 12.1. The zero-order valence-electron chi connectivity index (χ0n) is 8.80. The van der Waals surface area contributed by atoms with Gasteiger partial charge in [-0.1, -0.05) is 0 Å². The largest absolute Gasteiger partial charge is 0.417 e. The molecule has 0 N–H and O–H groups in total. The van der Waals surface area contributed by atoms with E-state index in [4.69, 9.17) is 4.74 Å². The molecule has 1 fully saturated rings. The SMILES string of the molecule is Fc1cc(C(F)(F)F)cnc1N1CCOCC1. The van der Waals surface area contributed by atoms with Crippen LogP contribution in [0, 0.1) is 5.82 Å². The number of anilines is 1. The van der Waals surface area contributed by atoms with Gasteiger partial charge in [0.1, 0.15) is 0 Å². The zero-order valence-corrected chi connectivity index (χ0v) is 8.80. The highest BCUT2D eigenvalue weighted by molar-refractivity contribution is 5.42. The average molecular weight is 250 g/mol. The van der Waals surface area contributed by atoms with E-state index in [-0.39, 0.29) is 5.82 Å². The second-order valence-electron chi connectivity index (χ2n) is 3.63. The summed E-state index contributed by atoms with van der Waals surface area (Å²) in [5.41, 5.74) is -1.08. The van der Waals surface area contributed by atoms with Gasteiger partial charge in [-0.05, 0) is 6.07 Å². The number of hydrogen-bond acceptors (Lipinski definition) is 3. The number of rotatable bonds is 1. The minimum atomic E-state index is -4.57. The van der Waals surface area contributed by atoms with E-state index in [9.17, 15) is 17.6 Å². The Morgan fingerprint density at radius 3 is 2.41 bits per heavy atom. The van der Waals surface area contributed by atoms with Crippen molar-refractivity contribution in [3.05, 3.63) is 23.6 Å². The molecule has 0 aliphatic carbocycles. The Morgan fingerprint density at radius 1 is 1.24 bits per heavy atom. The van der Waals surface area contributed by atoms with Crippen LogP contribution in [0.5, 0.6) is 0 Å². The molecule has 0 bridgehead atoms. The highest BCUT2D eigenvalue weighted by Crippen LogP contribution is 2.30. The first-order chi connectivity index (χ1) is 7.98. The number of hydrogen-bond donors (Lipinski definition) is 0. The fraction of sp³-hybridized carbons (Fsp3) is 0.500. The maximum atomic E-state index is 13.5. The van der Waals surface area contributed by atoms with Crippen LogP contribution in [-0.4, -0.2) is 31.3 Å². The molecule has 1 aromatic rings. The first-order valence-electron chi connectivity index (χ1n) is 5.04. The van der Waals surface area contributed by atoms with Crippen molar-refractivity contribution in [3.63, 3.8) is 0 Å². The second kappa shape index (κ2) is 4.48. The molecule has 1 aliphatic heterocycles. The maximum absolute atomic E-state index is 13.5. The van der Waals surface area contributed by atoms with Crippen LogP contribution in [0.15, 0.2) is 12.3 Å². The van der Waals surface area contributed by atoms with Crippen molar-refractivity contribution in [3.8, 4) is 0 Å². The van der Waals surface area contributed by atoms with Crippen LogP contribution in [0.3, 0.4) is 0 Å². The van der Waals surface area contributed by atoms with Gasteiger partial charge in [-0.2, -0.15) is 13.2 Å². The molecular weight excluding hydrogens is 240 g/mol. The molecule has 1 saturated heterocycles. The minimum Gasteiger partial charge on any atom is -0.378 e. The number of pyridine rings is 1. The Hall–Kier alpha value is -1.37. The van der Waals surface area contributed by atoms with Crippen molar-refractivity contribution in [1.29, 1.82) is 0 Å². The van der Waals surface area contributed by atoms with Crippen LogP contribution in [0.25, 0.3) is 0 Å². The predicted molar refractivity (Wildman–Crippen MR) is 52.2 cm³/mol. The van der Waals surface area contributed by atoms with E-state index in [1.165, 1.54) is 0 Å². The molecule has 0 amide bonds. The molecule has 2 heterocycles. The van der Waals surface area contributed by atoms with Gasteiger partial charge in [0.2, 0.25) is 0 Å².